The molecule has 8 heteroatoms. The second-order valence-electron chi connectivity index (χ2n) is 6.04. The molecule has 0 aromatic carbocycles. The molecule has 0 bridgehead atoms. The smallest absolute Gasteiger partial charge is 0.215 e. The Morgan fingerprint density at radius 1 is 1.52 bits per heavy atom. The van der Waals surface area contributed by atoms with Crippen LogP contribution in [0.4, 0.5) is 5.82 Å². The molecule has 4 rings (SSSR count). The molecule has 0 amide bonds. The van der Waals surface area contributed by atoms with E-state index in [1.165, 1.54) is 0 Å². The molecule has 0 aliphatic carbocycles. The van der Waals surface area contributed by atoms with Gasteiger partial charge in [-0.3, -0.25) is 10.4 Å². The average molecular weight is 314 g/mol. The van der Waals surface area contributed by atoms with Gasteiger partial charge in [-0.2, -0.15) is 5.10 Å². The normalized spacial score (nSPS) is 26.5. The first kappa shape index (κ1) is 14.3. The number of aromatic amines is 1. The topological polar surface area (TPSA) is 108 Å². The van der Waals surface area contributed by atoms with Gasteiger partial charge in [-0.1, -0.05) is 0 Å². The molecule has 0 spiro atoms. The summed E-state index contributed by atoms with van der Waals surface area (Å²) in [5.41, 5.74) is 8.41. The van der Waals surface area contributed by atoms with Crippen LogP contribution in [0.2, 0.25) is 0 Å². The molecule has 1 unspecified atom stereocenters. The van der Waals surface area contributed by atoms with Crippen molar-refractivity contribution in [1.29, 1.82) is 0 Å². The predicted molar refractivity (Wildman–Crippen MR) is 89.1 cm³/mol. The second-order valence-corrected chi connectivity index (χ2v) is 6.04. The zero-order valence-corrected chi connectivity index (χ0v) is 13.1. The summed E-state index contributed by atoms with van der Waals surface area (Å²) in [4.78, 5) is 7.98. The number of aryl methyl sites for hydroxylation is 1. The van der Waals surface area contributed by atoms with E-state index in [1.807, 2.05) is 30.1 Å². The van der Waals surface area contributed by atoms with Crippen molar-refractivity contribution in [2.45, 2.75) is 31.7 Å². The molecule has 0 radical (unpaired) electrons. The predicted octanol–water partition coefficient (Wildman–Crippen LogP) is 0.124. The zero-order valence-electron chi connectivity index (χ0n) is 13.1. The number of rotatable bonds is 3. The first-order chi connectivity index (χ1) is 11.2. The molecule has 2 aliphatic heterocycles. The highest BCUT2D eigenvalue weighted by Gasteiger charge is 2.35. The van der Waals surface area contributed by atoms with Crippen molar-refractivity contribution in [2.75, 3.05) is 18.4 Å². The highest BCUT2D eigenvalue weighted by Crippen LogP contribution is 2.29. The van der Waals surface area contributed by atoms with Gasteiger partial charge in [0.2, 0.25) is 5.79 Å². The maximum atomic E-state index is 6.56. The van der Waals surface area contributed by atoms with E-state index in [9.17, 15) is 0 Å². The number of anilines is 1. The molecular formula is C15H22N8. The van der Waals surface area contributed by atoms with E-state index in [-0.39, 0.29) is 0 Å². The quantitative estimate of drug-likeness (QED) is 0.553. The Hall–Kier alpha value is -2.32. The molecule has 2 aromatic rings. The van der Waals surface area contributed by atoms with E-state index in [1.54, 1.807) is 6.20 Å². The minimum atomic E-state index is -1.03. The lowest BCUT2D eigenvalue weighted by atomic mass is 10.1. The Balaban J connectivity index is 1.70. The van der Waals surface area contributed by atoms with Gasteiger partial charge in [-0.15, -0.1) is 0 Å². The van der Waals surface area contributed by atoms with E-state index in [2.05, 4.69) is 26.0 Å². The fraction of sp³-hybridized carbons (Fsp3) is 0.467. The second kappa shape index (κ2) is 5.39. The molecule has 8 nitrogen and oxygen atoms in total. The monoisotopic (exact) mass is 314 g/mol. The summed E-state index contributed by atoms with van der Waals surface area (Å²) in [6.07, 6.45) is 6.67. The third-order valence-electron chi connectivity index (χ3n) is 4.40. The van der Waals surface area contributed by atoms with E-state index in [0.717, 1.165) is 48.8 Å². The number of aromatic nitrogens is 3. The number of aliphatic imine (C=N–C) groups is 1. The van der Waals surface area contributed by atoms with E-state index in [0.29, 0.717) is 6.04 Å². The van der Waals surface area contributed by atoms with Crippen molar-refractivity contribution >= 4 is 11.7 Å². The van der Waals surface area contributed by atoms with Crippen LogP contribution >= 0.6 is 0 Å². The van der Waals surface area contributed by atoms with Crippen LogP contribution < -0.4 is 21.7 Å². The van der Waals surface area contributed by atoms with E-state index < -0.39 is 5.79 Å². The third-order valence-corrected chi connectivity index (χ3v) is 4.40. The average Bonchev–Trinajstić information content (AvgIpc) is 3.28. The molecule has 0 saturated carbocycles. The first-order valence-corrected chi connectivity index (χ1v) is 8.03. The van der Waals surface area contributed by atoms with Crippen LogP contribution in [0.25, 0.3) is 0 Å². The highest BCUT2D eigenvalue weighted by atomic mass is 15.3. The summed E-state index contributed by atoms with van der Waals surface area (Å²) in [6.45, 7) is 4.81. The number of H-pyrrole nitrogens is 1. The Labute approximate surface area is 134 Å². The van der Waals surface area contributed by atoms with E-state index in [4.69, 9.17) is 10.7 Å². The van der Waals surface area contributed by atoms with Gasteiger partial charge in [-0.25, -0.2) is 4.99 Å². The largest absolute Gasteiger partial charge is 0.366 e. The molecule has 23 heavy (non-hydrogen) atoms. The lowest BCUT2D eigenvalue weighted by molar-refractivity contribution is 0.525. The van der Waals surface area contributed by atoms with E-state index >= 15 is 0 Å². The summed E-state index contributed by atoms with van der Waals surface area (Å²) < 4.78 is 1.85. The summed E-state index contributed by atoms with van der Waals surface area (Å²) in [5.74, 6) is 0.667. The highest BCUT2D eigenvalue weighted by molar-refractivity contribution is 6.04. The maximum absolute atomic E-state index is 6.56. The van der Waals surface area contributed by atoms with Crippen molar-refractivity contribution in [1.82, 2.24) is 25.4 Å². The summed E-state index contributed by atoms with van der Waals surface area (Å²) >= 11 is 0. The number of hydrogen-bond acceptors (Lipinski definition) is 6. The standard InChI is InChI=1S/C15H22N8/c1-2-23-9-10(7-19-23)15(16)21-13-12(4-6-18-13)14(22-15)20-11-3-5-17-8-11/h4,6-7,9,11,17-18,21H,2-3,5,8,16H2,1H3,(H,20,22)/t11-,15?/m1/s1. The molecule has 1 fully saturated rings. The number of hydrogen-bond donors (Lipinski definition) is 5. The molecule has 4 heterocycles. The Morgan fingerprint density at radius 3 is 3.17 bits per heavy atom. The van der Waals surface area contributed by atoms with Crippen molar-refractivity contribution in [3.8, 4) is 0 Å². The molecule has 2 atom stereocenters. The van der Waals surface area contributed by atoms with Crippen LogP contribution in [0, 0.1) is 0 Å². The zero-order chi connectivity index (χ0) is 15.9. The van der Waals surface area contributed by atoms with Gasteiger partial charge in [-0.05, 0) is 26.0 Å². The number of amidine groups is 1. The maximum Gasteiger partial charge on any atom is 0.215 e. The fourth-order valence-electron chi connectivity index (χ4n) is 3.08. The summed E-state index contributed by atoms with van der Waals surface area (Å²) in [6, 6.07) is 2.38. The van der Waals surface area contributed by atoms with Gasteiger partial charge in [0.15, 0.2) is 0 Å². The van der Waals surface area contributed by atoms with Crippen molar-refractivity contribution in [2.24, 2.45) is 10.7 Å². The van der Waals surface area contributed by atoms with Crippen molar-refractivity contribution in [3.05, 3.63) is 35.8 Å². The molecule has 2 aliphatic rings. The molecular weight excluding hydrogens is 292 g/mol. The minimum absolute atomic E-state index is 0.372. The van der Waals surface area contributed by atoms with Crippen LogP contribution in [-0.2, 0) is 12.3 Å². The molecule has 122 valence electrons. The molecule has 6 N–H and O–H groups in total. The van der Waals surface area contributed by atoms with Gasteiger partial charge in [0, 0.05) is 31.5 Å². The Bertz CT molecular complexity index is 723. The van der Waals surface area contributed by atoms with Crippen LogP contribution in [-0.4, -0.2) is 39.7 Å². The lowest BCUT2D eigenvalue weighted by Crippen LogP contribution is -2.49. The summed E-state index contributed by atoms with van der Waals surface area (Å²) in [7, 11) is 0. The van der Waals surface area contributed by atoms with Crippen LogP contribution in [0.15, 0.2) is 29.6 Å². The number of nitrogens with zero attached hydrogens (tertiary/aromatic N) is 3. The minimum Gasteiger partial charge on any atom is -0.366 e. The van der Waals surface area contributed by atoms with Gasteiger partial charge in [0.1, 0.15) is 11.7 Å². The van der Waals surface area contributed by atoms with Crippen LogP contribution in [0.3, 0.4) is 0 Å². The Kier molecular flexibility index (Phi) is 3.35. The van der Waals surface area contributed by atoms with Gasteiger partial charge < -0.3 is 20.9 Å². The number of fused-ring (bicyclic) bond motifs is 1. The van der Waals surface area contributed by atoms with Crippen molar-refractivity contribution < 1.29 is 0 Å². The van der Waals surface area contributed by atoms with Crippen molar-refractivity contribution in [3.63, 3.8) is 0 Å². The molecule has 1 saturated heterocycles. The van der Waals surface area contributed by atoms with Gasteiger partial charge >= 0.3 is 0 Å². The van der Waals surface area contributed by atoms with Gasteiger partial charge in [0.25, 0.3) is 0 Å². The Morgan fingerprint density at radius 2 is 2.43 bits per heavy atom. The van der Waals surface area contributed by atoms with Crippen LogP contribution in [0.1, 0.15) is 24.5 Å². The first-order valence-electron chi connectivity index (χ1n) is 8.03. The van der Waals surface area contributed by atoms with Gasteiger partial charge in [0.05, 0.1) is 17.3 Å². The number of nitrogens with one attached hydrogen (secondary N) is 4. The van der Waals surface area contributed by atoms with Crippen LogP contribution in [0.5, 0.6) is 0 Å². The molecule has 2 aromatic heterocycles. The third kappa shape index (κ3) is 2.49. The fourth-order valence-corrected chi connectivity index (χ4v) is 3.08. The SMILES string of the molecule is CCn1cc(C2(N)N=C(N[C@@H]3CCNC3)c3cc[nH]c3N2)cn1. The number of nitrogens with two attached hydrogens (primary N) is 1. The lowest BCUT2D eigenvalue weighted by Gasteiger charge is -2.32. The summed E-state index contributed by atoms with van der Waals surface area (Å²) in [5, 5.41) is 14.5.